The zero-order chi connectivity index (χ0) is 14.6. The third-order valence-corrected chi connectivity index (χ3v) is 4.50. The van der Waals surface area contributed by atoms with Crippen molar-refractivity contribution >= 4 is 0 Å². The molecular weight excluding hydrogens is 252 g/mol. The van der Waals surface area contributed by atoms with Crippen LogP contribution in [0.25, 0.3) is 0 Å². The van der Waals surface area contributed by atoms with Crippen molar-refractivity contribution in [1.29, 1.82) is 0 Å². The Labute approximate surface area is 124 Å². The topological polar surface area (TPSA) is 33.7 Å². The Morgan fingerprint density at radius 3 is 2.45 bits per heavy atom. The van der Waals surface area contributed by atoms with E-state index in [4.69, 9.17) is 9.47 Å². The summed E-state index contributed by atoms with van der Waals surface area (Å²) in [5.74, 6) is 0. The summed E-state index contributed by atoms with van der Waals surface area (Å²) in [6.45, 7) is 15.9. The molecular formula is C16H32N2O2. The average Bonchev–Trinajstić information content (AvgIpc) is 2.36. The van der Waals surface area contributed by atoms with Crippen LogP contribution in [-0.2, 0) is 9.47 Å². The highest BCUT2D eigenvalue weighted by molar-refractivity contribution is 4.90. The van der Waals surface area contributed by atoms with Crippen LogP contribution in [0.15, 0.2) is 0 Å². The van der Waals surface area contributed by atoms with Gasteiger partial charge in [0.15, 0.2) is 0 Å². The summed E-state index contributed by atoms with van der Waals surface area (Å²) in [5.41, 5.74) is 0.367. The zero-order valence-electron chi connectivity index (χ0n) is 13.7. The Bertz CT molecular complexity index is 299. The molecule has 0 amide bonds. The van der Waals surface area contributed by atoms with E-state index in [9.17, 15) is 0 Å². The standard InChI is InChI=1S/C16H32N2O2/c1-14(2)17-11-16(5-8-19-9-6-16)13-18-7-10-20-15(3,4)12-18/h14,17H,5-13H2,1-4H3. The first-order chi connectivity index (χ1) is 9.41. The molecule has 118 valence electrons. The molecule has 0 aromatic carbocycles. The fourth-order valence-corrected chi connectivity index (χ4v) is 3.34. The summed E-state index contributed by atoms with van der Waals surface area (Å²) in [4.78, 5) is 2.59. The van der Waals surface area contributed by atoms with Crippen LogP contribution in [0.2, 0.25) is 0 Å². The number of rotatable bonds is 5. The highest BCUT2D eigenvalue weighted by Gasteiger charge is 2.37. The Kier molecular flexibility index (Phi) is 5.46. The van der Waals surface area contributed by atoms with Crippen LogP contribution in [0.1, 0.15) is 40.5 Å². The number of hydrogen-bond donors (Lipinski definition) is 1. The molecule has 0 unspecified atom stereocenters. The third-order valence-electron chi connectivity index (χ3n) is 4.50. The molecule has 2 heterocycles. The average molecular weight is 284 g/mol. The maximum absolute atomic E-state index is 5.83. The van der Waals surface area contributed by atoms with E-state index < -0.39 is 0 Å². The van der Waals surface area contributed by atoms with Gasteiger partial charge in [0.05, 0.1) is 12.2 Å². The molecule has 0 bridgehead atoms. The molecule has 2 rings (SSSR count). The maximum atomic E-state index is 5.83. The minimum absolute atomic E-state index is 0.00389. The monoisotopic (exact) mass is 284 g/mol. The van der Waals surface area contributed by atoms with E-state index in [1.165, 1.54) is 19.4 Å². The van der Waals surface area contributed by atoms with Crippen LogP contribution in [0, 0.1) is 5.41 Å². The fraction of sp³-hybridized carbons (Fsp3) is 1.00. The molecule has 4 nitrogen and oxygen atoms in total. The molecule has 20 heavy (non-hydrogen) atoms. The first-order valence-electron chi connectivity index (χ1n) is 8.08. The molecule has 1 N–H and O–H groups in total. The van der Waals surface area contributed by atoms with E-state index in [0.717, 1.165) is 39.5 Å². The van der Waals surface area contributed by atoms with Crippen LogP contribution >= 0.6 is 0 Å². The fourth-order valence-electron chi connectivity index (χ4n) is 3.34. The van der Waals surface area contributed by atoms with E-state index in [-0.39, 0.29) is 5.60 Å². The van der Waals surface area contributed by atoms with Crippen LogP contribution in [-0.4, -0.2) is 62.5 Å². The SMILES string of the molecule is CC(C)NCC1(CN2CCOC(C)(C)C2)CCOCC1. The minimum Gasteiger partial charge on any atom is -0.381 e. The number of nitrogens with zero attached hydrogens (tertiary/aromatic N) is 1. The zero-order valence-corrected chi connectivity index (χ0v) is 13.7. The Hall–Kier alpha value is -0.160. The largest absolute Gasteiger partial charge is 0.381 e. The van der Waals surface area contributed by atoms with Gasteiger partial charge < -0.3 is 14.8 Å². The van der Waals surface area contributed by atoms with Crippen LogP contribution in [0.3, 0.4) is 0 Å². The van der Waals surface area contributed by atoms with Gasteiger partial charge in [-0.2, -0.15) is 0 Å². The van der Waals surface area contributed by atoms with Crippen LogP contribution in [0.4, 0.5) is 0 Å². The number of morpholine rings is 1. The molecule has 0 radical (unpaired) electrons. The van der Waals surface area contributed by atoms with Crippen molar-refractivity contribution in [1.82, 2.24) is 10.2 Å². The number of ether oxygens (including phenoxy) is 2. The highest BCUT2D eigenvalue weighted by atomic mass is 16.5. The Morgan fingerprint density at radius 2 is 1.85 bits per heavy atom. The van der Waals surface area contributed by atoms with Gasteiger partial charge in [-0.25, -0.2) is 0 Å². The number of nitrogens with one attached hydrogen (secondary N) is 1. The highest BCUT2D eigenvalue weighted by Crippen LogP contribution is 2.32. The van der Waals surface area contributed by atoms with E-state index in [1.54, 1.807) is 0 Å². The predicted molar refractivity (Wildman–Crippen MR) is 82.1 cm³/mol. The van der Waals surface area contributed by atoms with E-state index in [2.05, 4.69) is 37.9 Å². The van der Waals surface area contributed by atoms with Gasteiger partial charge >= 0.3 is 0 Å². The minimum atomic E-state index is -0.00389. The molecule has 2 saturated heterocycles. The van der Waals surface area contributed by atoms with Gasteiger partial charge in [0.1, 0.15) is 0 Å². The molecule has 0 aromatic rings. The van der Waals surface area contributed by atoms with Crippen LogP contribution < -0.4 is 5.32 Å². The molecule has 2 aliphatic rings. The smallest absolute Gasteiger partial charge is 0.0753 e. The van der Waals surface area contributed by atoms with Gasteiger partial charge in [-0.1, -0.05) is 13.8 Å². The van der Waals surface area contributed by atoms with Crippen molar-refractivity contribution in [2.75, 3.05) is 46.0 Å². The second kappa shape index (κ2) is 6.73. The molecule has 0 aromatic heterocycles. The predicted octanol–water partition coefficient (Wildman–Crippen LogP) is 1.89. The van der Waals surface area contributed by atoms with Gasteiger partial charge in [-0.15, -0.1) is 0 Å². The maximum Gasteiger partial charge on any atom is 0.0753 e. The van der Waals surface area contributed by atoms with Crippen molar-refractivity contribution in [3.05, 3.63) is 0 Å². The third kappa shape index (κ3) is 4.69. The van der Waals surface area contributed by atoms with Gasteiger partial charge in [-0.05, 0) is 32.1 Å². The summed E-state index contributed by atoms with van der Waals surface area (Å²) in [6.07, 6.45) is 2.34. The van der Waals surface area contributed by atoms with E-state index in [1.807, 2.05) is 0 Å². The van der Waals surface area contributed by atoms with Crippen molar-refractivity contribution in [3.8, 4) is 0 Å². The van der Waals surface area contributed by atoms with Crippen molar-refractivity contribution in [2.45, 2.75) is 52.2 Å². The summed E-state index contributed by atoms with van der Waals surface area (Å²) in [5, 5.41) is 3.65. The lowest BCUT2D eigenvalue weighted by Crippen LogP contribution is -2.54. The van der Waals surface area contributed by atoms with Gasteiger partial charge in [0.25, 0.3) is 0 Å². The molecule has 2 fully saturated rings. The molecule has 0 saturated carbocycles. The first-order valence-corrected chi connectivity index (χ1v) is 8.08. The molecule has 0 spiro atoms. The molecule has 0 atom stereocenters. The van der Waals surface area contributed by atoms with Crippen molar-refractivity contribution < 1.29 is 9.47 Å². The summed E-state index contributed by atoms with van der Waals surface area (Å²) >= 11 is 0. The summed E-state index contributed by atoms with van der Waals surface area (Å²) < 4.78 is 11.4. The second-order valence-electron chi connectivity index (χ2n) is 7.47. The second-order valence-corrected chi connectivity index (χ2v) is 7.47. The quantitative estimate of drug-likeness (QED) is 0.836. The molecule has 4 heteroatoms. The Balaban J connectivity index is 1.96. The lowest BCUT2D eigenvalue weighted by Gasteiger charge is -2.45. The normalized spacial score (nSPS) is 26.9. The van der Waals surface area contributed by atoms with Crippen LogP contribution in [0.5, 0.6) is 0 Å². The van der Waals surface area contributed by atoms with E-state index >= 15 is 0 Å². The molecule has 0 aliphatic carbocycles. The summed E-state index contributed by atoms with van der Waals surface area (Å²) in [6, 6.07) is 0.552. The molecule has 2 aliphatic heterocycles. The van der Waals surface area contributed by atoms with Crippen molar-refractivity contribution in [3.63, 3.8) is 0 Å². The number of hydrogen-bond acceptors (Lipinski definition) is 4. The van der Waals surface area contributed by atoms with Gasteiger partial charge in [0.2, 0.25) is 0 Å². The summed E-state index contributed by atoms with van der Waals surface area (Å²) in [7, 11) is 0. The van der Waals surface area contributed by atoms with Gasteiger partial charge in [-0.3, -0.25) is 4.90 Å². The first kappa shape index (κ1) is 16.2. The lowest BCUT2D eigenvalue weighted by molar-refractivity contribution is -0.102. The lowest BCUT2D eigenvalue weighted by atomic mass is 9.79. The van der Waals surface area contributed by atoms with E-state index in [0.29, 0.717) is 11.5 Å². The Morgan fingerprint density at radius 1 is 1.15 bits per heavy atom. The van der Waals surface area contributed by atoms with Crippen molar-refractivity contribution in [2.24, 2.45) is 5.41 Å². The van der Waals surface area contributed by atoms with Gasteiger partial charge in [0, 0.05) is 45.4 Å².